The molecular formula is C19H20N2O4. The number of fused-ring (bicyclic) bond motifs is 1. The smallest absolute Gasteiger partial charge is 0.339 e. The fourth-order valence-corrected chi connectivity index (χ4v) is 3.03. The van der Waals surface area contributed by atoms with Crippen LogP contribution in [0.1, 0.15) is 43.4 Å². The first-order valence-corrected chi connectivity index (χ1v) is 7.96. The minimum atomic E-state index is -0.460. The summed E-state index contributed by atoms with van der Waals surface area (Å²) in [5, 5.41) is 3.87. The molecule has 0 saturated carbocycles. The zero-order chi connectivity index (χ0) is 18.1. The van der Waals surface area contributed by atoms with Gasteiger partial charge in [0.15, 0.2) is 0 Å². The van der Waals surface area contributed by atoms with Crippen LogP contribution in [0.4, 0.5) is 0 Å². The van der Waals surface area contributed by atoms with Crippen molar-refractivity contribution >= 4 is 22.8 Å². The van der Waals surface area contributed by atoms with E-state index in [4.69, 9.17) is 9.15 Å². The maximum absolute atomic E-state index is 12.5. The number of methoxy groups -OCH3 is 1. The molecule has 3 rings (SSSR count). The van der Waals surface area contributed by atoms with Gasteiger partial charge in [-0.2, -0.15) is 0 Å². The van der Waals surface area contributed by atoms with Crippen LogP contribution in [0.25, 0.3) is 11.0 Å². The molecule has 2 heterocycles. The van der Waals surface area contributed by atoms with Gasteiger partial charge in [-0.1, -0.05) is 18.2 Å². The van der Waals surface area contributed by atoms with Crippen molar-refractivity contribution in [3.8, 4) is 0 Å². The largest absolute Gasteiger partial charge is 0.465 e. The maximum atomic E-state index is 12.5. The first-order valence-electron chi connectivity index (χ1n) is 7.96. The second kappa shape index (κ2) is 6.47. The summed E-state index contributed by atoms with van der Waals surface area (Å²) in [7, 11) is 1.32. The molecule has 0 radical (unpaired) electrons. The number of furan rings is 1. The molecule has 6 heteroatoms. The summed E-state index contributed by atoms with van der Waals surface area (Å²) in [6, 6.07) is 7.75. The summed E-state index contributed by atoms with van der Waals surface area (Å²) < 4.78 is 10.6. The van der Waals surface area contributed by atoms with Gasteiger partial charge in [-0.3, -0.25) is 4.79 Å². The fourth-order valence-electron chi connectivity index (χ4n) is 3.03. The molecular weight excluding hydrogens is 320 g/mol. The minimum Gasteiger partial charge on any atom is -0.465 e. The van der Waals surface area contributed by atoms with Crippen molar-refractivity contribution in [1.29, 1.82) is 0 Å². The molecule has 0 saturated heterocycles. The van der Waals surface area contributed by atoms with Crippen LogP contribution in [0.5, 0.6) is 0 Å². The lowest BCUT2D eigenvalue weighted by Gasteiger charge is -2.04. The van der Waals surface area contributed by atoms with Gasteiger partial charge in [-0.05, 0) is 32.4 Å². The number of amides is 1. The zero-order valence-corrected chi connectivity index (χ0v) is 14.6. The topological polar surface area (TPSA) is 84.3 Å². The third-order valence-electron chi connectivity index (χ3n) is 4.41. The number of carbonyl (C=O) groups excluding carboxylic acids is 2. The number of esters is 1. The van der Waals surface area contributed by atoms with Crippen LogP contribution in [-0.4, -0.2) is 24.0 Å². The van der Waals surface area contributed by atoms with Gasteiger partial charge in [0.05, 0.1) is 19.2 Å². The molecule has 1 amide bonds. The van der Waals surface area contributed by atoms with E-state index in [1.807, 2.05) is 31.2 Å². The van der Waals surface area contributed by atoms with Gasteiger partial charge >= 0.3 is 5.97 Å². The van der Waals surface area contributed by atoms with E-state index in [2.05, 4.69) is 10.3 Å². The van der Waals surface area contributed by atoms with Crippen LogP contribution in [0.15, 0.2) is 28.7 Å². The summed E-state index contributed by atoms with van der Waals surface area (Å²) in [5.74, 6) is -0.0438. The van der Waals surface area contributed by atoms with Gasteiger partial charge < -0.3 is 19.5 Å². The van der Waals surface area contributed by atoms with Crippen molar-refractivity contribution < 1.29 is 18.7 Å². The highest BCUT2D eigenvalue weighted by Gasteiger charge is 2.22. The molecule has 0 atom stereocenters. The molecule has 0 spiro atoms. The summed E-state index contributed by atoms with van der Waals surface area (Å²) in [5.41, 5.74) is 3.73. The predicted molar refractivity (Wildman–Crippen MR) is 93.7 cm³/mol. The molecule has 0 bridgehead atoms. The van der Waals surface area contributed by atoms with Gasteiger partial charge in [-0.15, -0.1) is 0 Å². The number of aromatic nitrogens is 1. The van der Waals surface area contributed by atoms with Crippen LogP contribution in [0.3, 0.4) is 0 Å². The summed E-state index contributed by atoms with van der Waals surface area (Å²) >= 11 is 0. The van der Waals surface area contributed by atoms with Gasteiger partial charge in [0.25, 0.3) is 5.91 Å². The number of nitrogens with one attached hydrogen (secondary N) is 2. The Morgan fingerprint density at radius 1 is 1.16 bits per heavy atom. The molecule has 0 unspecified atom stereocenters. The number of benzene rings is 1. The molecule has 3 aromatic rings. The van der Waals surface area contributed by atoms with Crippen molar-refractivity contribution in [1.82, 2.24) is 10.3 Å². The van der Waals surface area contributed by atoms with Crippen molar-refractivity contribution in [2.45, 2.75) is 27.3 Å². The SMILES string of the molecule is COC(=O)c1c(C)[nH]c(C(=O)NCc2oc3ccccc3c2C)c1C. The normalized spacial score (nSPS) is 10.9. The molecule has 0 aliphatic carbocycles. The monoisotopic (exact) mass is 340 g/mol. The first kappa shape index (κ1) is 16.8. The van der Waals surface area contributed by atoms with Gasteiger partial charge in [0, 0.05) is 16.6 Å². The Kier molecular flexibility index (Phi) is 4.35. The lowest BCUT2D eigenvalue weighted by Crippen LogP contribution is -2.24. The van der Waals surface area contributed by atoms with Crippen molar-refractivity contribution in [2.75, 3.05) is 7.11 Å². The Labute approximate surface area is 145 Å². The number of ether oxygens (including phenoxy) is 1. The quantitative estimate of drug-likeness (QED) is 0.713. The van der Waals surface area contributed by atoms with Crippen LogP contribution in [0.2, 0.25) is 0 Å². The number of aromatic amines is 1. The zero-order valence-electron chi connectivity index (χ0n) is 14.6. The van der Waals surface area contributed by atoms with E-state index in [9.17, 15) is 9.59 Å². The Hall–Kier alpha value is -3.02. The summed E-state index contributed by atoms with van der Waals surface area (Å²) in [4.78, 5) is 27.3. The molecule has 0 aliphatic rings. The van der Waals surface area contributed by atoms with E-state index < -0.39 is 5.97 Å². The lowest BCUT2D eigenvalue weighted by atomic mass is 10.1. The van der Waals surface area contributed by atoms with Crippen LogP contribution in [0, 0.1) is 20.8 Å². The molecule has 0 aliphatic heterocycles. The van der Waals surface area contributed by atoms with Gasteiger partial charge in [0.1, 0.15) is 17.0 Å². The highest BCUT2D eigenvalue weighted by atomic mass is 16.5. The summed E-state index contributed by atoms with van der Waals surface area (Å²) in [6.45, 7) is 5.69. The third-order valence-corrected chi connectivity index (χ3v) is 4.41. The Bertz CT molecular complexity index is 965. The minimum absolute atomic E-state index is 0.268. The number of hydrogen-bond acceptors (Lipinski definition) is 4. The molecule has 130 valence electrons. The maximum Gasteiger partial charge on any atom is 0.339 e. The number of rotatable bonds is 4. The molecule has 0 fully saturated rings. The highest BCUT2D eigenvalue weighted by Crippen LogP contribution is 2.25. The average Bonchev–Trinajstić information content (AvgIpc) is 3.09. The average molecular weight is 340 g/mol. The summed E-state index contributed by atoms with van der Waals surface area (Å²) in [6.07, 6.45) is 0. The van der Waals surface area contributed by atoms with E-state index in [0.717, 1.165) is 16.5 Å². The Morgan fingerprint density at radius 2 is 1.88 bits per heavy atom. The predicted octanol–water partition coefficient (Wildman–Crippen LogP) is 3.40. The highest BCUT2D eigenvalue weighted by molar-refractivity contribution is 6.00. The lowest BCUT2D eigenvalue weighted by molar-refractivity contribution is 0.0599. The van der Waals surface area contributed by atoms with Crippen molar-refractivity contribution in [3.05, 3.63) is 58.1 Å². The second-order valence-electron chi connectivity index (χ2n) is 5.95. The van der Waals surface area contributed by atoms with E-state index in [-0.39, 0.29) is 12.5 Å². The second-order valence-corrected chi connectivity index (χ2v) is 5.95. The first-order chi connectivity index (χ1) is 11.9. The third kappa shape index (κ3) is 2.91. The van der Waals surface area contributed by atoms with Gasteiger partial charge in [-0.25, -0.2) is 4.79 Å². The molecule has 25 heavy (non-hydrogen) atoms. The molecule has 2 aromatic heterocycles. The van der Waals surface area contributed by atoms with Gasteiger partial charge in [0.2, 0.25) is 0 Å². The van der Waals surface area contributed by atoms with E-state index in [0.29, 0.717) is 28.3 Å². The number of hydrogen-bond donors (Lipinski definition) is 2. The van der Waals surface area contributed by atoms with Crippen LogP contribution < -0.4 is 5.32 Å². The van der Waals surface area contributed by atoms with E-state index in [1.54, 1.807) is 13.8 Å². The number of H-pyrrole nitrogens is 1. The van der Waals surface area contributed by atoms with Crippen molar-refractivity contribution in [3.63, 3.8) is 0 Å². The molecule has 6 nitrogen and oxygen atoms in total. The molecule has 1 aromatic carbocycles. The van der Waals surface area contributed by atoms with Crippen molar-refractivity contribution in [2.24, 2.45) is 0 Å². The number of aryl methyl sites for hydroxylation is 2. The number of carbonyl (C=O) groups is 2. The Balaban J connectivity index is 1.81. The molecule has 2 N–H and O–H groups in total. The fraction of sp³-hybridized carbons (Fsp3) is 0.263. The van der Waals surface area contributed by atoms with Crippen LogP contribution in [-0.2, 0) is 11.3 Å². The number of para-hydroxylation sites is 1. The van der Waals surface area contributed by atoms with E-state index in [1.165, 1.54) is 7.11 Å². The van der Waals surface area contributed by atoms with Crippen LogP contribution >= 0.6 is 0 Å². The standard InChI is InChI=1S/C19H20N2O4/c1-10-13-7-5-6-8-14(13)25-15(10)9-20-18(22)17-11(2)16(12(3)21-17)19(23)24-4/h5-8,21H,9H2,1-4H3,(H,20,22). The Morgan fingerprint density at radius 3 is 2.56 bits per heavy atom. The van der Waals surface area contributed by atoms with E-state index >= 15 is 0 Å².